The summed E-state index contributed by atoms with van der Waals surface area (Å²) in [5.74, 6) is -1.32. The van der Waals surface area contributed by atoms with Gasteiger partial charge in [0, 0.05) is 11.5 Å². The van der Waals surface area contributed by atoms with Crippen molar-refractivity contribution < 1.29 is 15.0 Å². The summed E-state index contributed by atoms with van der Waals surface area (Å²) < 4.78 is 0. The number of aryl methyl sites for hydroxylation is 1. The zero-order chi connectivity index (χ0) is 14.0. The second-order valence-electron chi connectivity index (χ2n) is 4.68. The van der Waals surface area contributed by atoms with Crippen molar-refractivity contribution >= 4 is 5.97 Å². The number of phenols is 1. The highest BCUT2D eigenvalue weighted by Gasteiger charge is 2.18. The quantitative estimate of drug-likeness (QED) is 0.882. The average Bonchev–Trinajstić information content (AvgIpc) is 2.38. The number of rotatable bonds is 3. The van der Waals surface area contributed by atoms with E-state index in [2.05, 4.69) is 0 Å². The molecule has 2 N–H and O–H groups in total. The molecule has 0 aliphatic heterocycles. The number of carboxylic acids is 1. The summed E-state index contributed by atoms with van der Waals surface area (Å²) >= 11 is 0. The van der Waals surface area contributed by atoms with Crippen LogP contribution in [-0.2, 0) is 0 Å². The Morgan fingerprint density at radius 2 is 1.74 bits per heavy atom. The number of hydrogen-bond donors (Lipinski definition) is 2. The molecule has 2 aromatic carbocycles. The predicted molar refractivity (Wildman–Crippen MR) is 73.8 cm³/mol. The molecule has 3 nitrogen and oxygen atoms in total. The molecule has 0 aromatic heterocycles. The lowest BCUT2D eigenvalue weighted by Gasteiger charge is -2.15. The monoisotopic (exact) mass is 256 g/mol. The molecule has 1 unspecified atom stereocenters. The lowest BCUT2D eigenvalue weighted by Crippen LogP contribution is -2.02. The van der Waals surface area contributed by atoms with Crippen LogP contribution >= 0.6 is 0 Å². The van der Waals surface area contributed by atoms with E-state index >= 15 is 0 Å². The molecule has 1 atom stereocenters. The van der Waals surface area contributed by atoms with E-state index in [1.807, 2.05) is 38.1 Å². The SMILES string of the molecule is Cc1ccc(C(C)c2cccc(C(=O)O)c2O)cc1. The lowest BCUT2D eigenvalue weighted by atomic mass is 9.90. The fourth-order valence-electron chi connectivity index (χ4n) is 2.12. The zero-order valence-electron chi connectivity index (χ0n) is 10.9. The predicted octanol–water partition coefficient (Wildman–Crippen LogP) is 3.55. The van der Waals surface area contributed by atoms with Gasteiger partial charge >= 0.3 is 5.97 Å². The maximum atomic E-state index is 11.0. The first-order valence-corrected chi connectivity index (χ1v) is 6.12. The minimum Gasteiger partial charge on any atom is -0.507 e. The molecule has 98 valence electrons. The molecule has 3 heteroatoms. The summed E-state index contributed by atoms with van der Waals surface area (Å²) in [5.41, 5.74) is 2.78. The number of carboxylic acid groups (broad SMARTS) is 1. The van der Waals surface area contributed by atoms with E-state index in [1.165, 1.54) is 11.6 Å². The Morgan fingerprint density at radius 1 is 1.11 bits per heavy atom. The van der Waals surface area contributed by atoms with Crippen LogP contribution in [0.1, 0.15) is 39.9 Å². The first-order chi connectivity index (χ1) is 9.00. The summed E-state index contributed by atoms with van der Waals surface area (Å²) in [6, 6.07) is 12.8. The van der Waals surface area contributed by atoms with Gasteiger partial charge in [-0.15, -0.1) is 0 Å². The Morgan fingerprint density at radius 3 is 2.32 bits per heavy atom. The van der Waals surface area contributed by atoms with E-state index in [0.29, 0.717) is 5.56 Å². The first kappa shape index (κ1) is 13.1. The van der Waals surface area contributed by atoms with Gasteiger partial charge in [0.15, 0.2) is 0 Å². The number of aromatic hydroxyl groups is 1. The normalized spacial score (nSPS) is 12.1. The van der Waals surface area contributed by atoms with Gasteiger partial charge in [0.1, 0.15) is 11.3 Å². The van der Waals surface area contributed by atoms with E-state index in [4.69, 9.17) is 5.11 Å². The van der Waals surface area contributed by atoms with Crippen LogP contribution in [0, 0.1) is 6.92 Å². The first-order valence-electron chi connectivity index (χ1n) is 6.12. The van der Waals surface area contributed by atoms with Gasteiger partial charge in [-0.05, 0) is 18.6 Å². The smallest absolute Gasteiger partial charge is 0.339 e. The van der Waals surface area contributed by atoms with Crippen molar-refractivity contribution in [2.75, 3.05) is 0 Å². The number of benzene rings is 2. The Kier molecular flexibility index (Phi) is 3.56. The van der Waals surface area contributed by atoms with Crippen molar-refractivity contribution in [1.29, 1.82) is 0 Å². The summed E-state index contributed by atoms with van der Waals surface area (Å²) in [6.07, 6.45) is 0. The minimum atomic E-state index is -1.12. The van der Waals surface area contributed by atoms with Crippen LogP contribution in [0.5, 0.6) is 5.75 Å². The van der Waals surface area contributed by atoms with Crippen molar-refractivity contribution in [3.05, 3.63) is 64.7 Å². The molecule has 0 amide bonds. The van der Waals surface area contributed by atoms with Gasteiger partial charge in [-0.25, -0.2) is 4.79 Å². The van der Waals surface area contributed by atoms with Crippen LogP contribution < -0.4 is 0 Å². The molecule has 0 heterocycles. The number of hydrogen-bond acceptors (Lipinski definition) is 2. The molecular weight excluding hydrogens is 240 g/mol. The highest BCUT2D eigenvalue weighted by Crippen LogP contribution is 2.33. The summed E-state index contributed by atoms with van der Waals surface area (Å²) in [7, 11) is 0. The third-order valence-corrected chi connectivity index (χ3v) is 3.34. The van der Waals surface area contributed by atoms with E-state index in [-0.39, 0.29) is 17.2 Å². The molecule has 0 bridgehead atoms. The van der Waals surface area contributed by atoms with E-state index in [1.54, 1.807) is 12.1 Å². The van der Waals surface area contributed by atoms with Gasteiger partial charge in [0.25, 0.3) is 0 Å². The highest BCUT2D eigenvalue weighted by atomic mass is 16.4. The summed E-state index contributed by atoms with van der Waals surface area (Å²) in [5, 5.41) is 19.1. The average molecular weight is 256 g/mol. The van der Waals surface area contributed by atoms with Crippen molar-refractivity contribution in [1.82, 2.24) is 0 Å². The number of para-hydroxylation sites is 1. The number of carbonyl (C=O) groups is 1. The molecule has 19 heavy (non-hydrogen) atoms. The van der Waals surface area contributed by atoms with Gasteiger partial charge in [0.05, 0.1) is 0 Å². The second-order valence-corrected chi connectivity index (χ2v) is 4.68. The molecule has 0 aliphatic carbocycles. The Balaban J connectivity index is 2.44. The molecule has 0 saturated heterocycles. The second kappa shape index (κ2) is 5.14. The fraction of sp³-hybridized carbons (Fsp3) is 0.188. The Labute approximate surface area is 112 Å². The van der Waals surface area contributed by atoms with Crippen molar-refractivity contribution in [3.63, 3.8) is 0 Å². The number of aromatic carboxylic acids is 1. The molecular formula is C16H16O3. The van der Waals surface area contributed by atoms with Crippen LogP contribution in [0.3, 0.4) is 0 Å². The third-order valence-electron chi connectivity index (χ3n) is 3.34. The molecule has 0 saturated carbocycles. The van der Waals surface area contributed by atoms with Crippen molar-refractivity contribution in [3.8, 4) is 5.75 Å². The van der Waals surface area contributed by atoms with Crippen LogP contribution in [0.15, 0.2) is 42.5 Å². The Hall–Kier alpha value is -2.29. The van der Waals surface area contributed by atoms with Gasteiger partial charge in [0.2, 0.25) is 0 Å². The van der Waals surface area contributed by atoms with Gasteiger partial charge < -0.3 is 10.2 Å². The van der Waals surface area contributed by atoms with E-state index < -0.39 is 5.97 Å². The molecule has 2 aromatic rings. The highest BCUT2D eigenvalue weighted by molar-refractivity contribution is 5.91. The Bertz CT molecular complexity index is 600. The van der Waals surface area contributed by atoms with Crippen LogP contribution in [0.2, 0.25) is 0 Å². The third kappa shape index (κ3) is 2.60. The zero-order valence-corrected chi connectivity index (χ0v) is 10.9. The largest absolute Gasteiger partial charge is 0.507 e. The standard InChI is InChI=1S/C16H16O3/c1-10-6-8-12(9-7-10)11(2)13-4-3-5-14(15(13)17)16(18)19/h3-9,11,17H,1-2H3,(H,18,19). The van der Waals surface area contributed by atoms with E-state index in [9.17, 15) is 9.90 Å². The van der Waals surface area contributed by atoms with Gasteiger partial charge in [-0.3, -0.25) is 0 Å². The van der Waals surface area contributed by atoms with E-state index in [0.717, 1.165) is 5.56 Å². The van der Waals surface area contributed by atoms with Crippen LogP contribution in [0.25, 0.3) is 0 Å². The molecule has 0 radical (unpaired) electrons. The van der Waals surface area contributed by atoms with Gasteiger partial charge in [-0.1, -0.05) is 48.9 Å². The van der Waals surface area contributed by atoms with Crippen LogP contribution in [0.4, 0.5) is 0 Å². The topological polar surface area (TPSA) is 57.5 Å². The summed E-state index contributed by atoms with van der Waals surface area (Å²) in [4.78, 5) is 11.0. The van der Waals surface area contributed by atoms with Crippen molar-refractivity contribution in [2.45, 2.75) is 19.8 Å². The van der Waals surface area contributed by atoms with Crippen LogP contribution in [-0.4, -0.2) is 16.2 Å². The molecule has 2 rings (SSSR count). The minimum absolute atomic E-state index is 0.0556. The fourth-order valence-corrected chi connectivity index (χ4v) is 2.12. The summed E-state index contributed by atoms with van der Waals surface area (Å²) in [6.45, 7) is 3.96. The maximum absolute atomic E-state index is 11.0. The molecule has 0 fully saturated rings. The molecule has 0 aliphatic rings. The lowest BCUT2D eigenvalue weighted by molar-refractivity contribution is 0.0693. The van der Waals surface area contributed by atoms with Crippen molar-refractivity contribution in [2.24, 2.45) is 0 Å². The maximum Gasteiger partial charge on any atom is 0.339 e. The molecule has 0 spiro atoms. The van der Waals surface area contributed by atoms with Gasteiger partial charge in [-0.2, -0.15) is 0 Å².